The molecule has 5 nitrogen and oxygen atoms in total. The van der Waals surface area contributed by atoms with Crippen LogP contribution in [0.5, 0.6) is 0 Å². The van der Waals surface area contributed by atoms with Gasteiger partial charge in [-0.05, 0) is 32.8 Å². The van der Waals surface area contributed by atoms with Gasteiger partial charge in [0.2, 0.25) is 0 Å². The minimum Gasteiger partial charge on any atom is -0.463 e. The van der Waals surface area contributed by atoms with E-state index in [2.05, 4.69) is 0 Å². The lowest BCUT2D eigenvalue weighted by Gasteiger charge is -2.14. The number of ether oxygens (including phenoxy) is 3. The minimum absolute atomic E-state index is 0.150. The fourth-order valence-corrected chi connectivity index (χ4v) is 1.17. The quantitative estimate of drug-likeness (QED) is 0.377. The highest BCUT2D eigenvalue weighted by Gasteiger charge is 2.08. The van der Waals surface area contributed by atoms with Gasteiger partial charge in [0.15, 0.2) is 0 Å². The molecule has 0 radical (unpaired) electrons. The molecule has 0 unspecified atom stereocenters. The van der Waals surface area contributed by atoms with Crippen molar-refractivity contribution < 1.29 is 24.1 Å². The van der Waals surface area contributed by atoms with E-state index < -0.39 is 5.97 Å². The van der Waals surface area contributed by atoms with Crippen LogP contribution in [0.3, 0.4) is 0 Å². The van der Waals surface area contributed by atoms with Crippen molar-refractivity contribution in [1.29, 1.82) is 0 Å². The first kappa shape index (κ1) is 16.1. The van der Waals surface area contributed by atoms with Crippen molar-refractivity contribution in [3.63, 3.8) is 0 Å². The minimum atomic E-state index is -0.393. The van der Waals surface area contributed by atoms with Crippen LogP contribution in [0.1, 0.15) is 26.7 Å². The fraction of sp³-hybridized carbons (Fsp3) is 0.750. The van der Waals surface area contributed by atoms with Gasteiger partial charge in [0.1, 0.15) is 6.79 Å². The second-order valence-corrected chi connectivity index (χ2v) is 3.65. The molecule has 0 aromatic heterocycles. The van der Waals surface area contributed by atoms with Crippen LogP contribution in [0.25, 0.3) is 0 Å². The van der Waals surface area contributed by atoms with Crippen LogP contribution in [-0.4, -0.2) is 43.8 Å². The third kappa shape index (κ3) is 9.99. The van der Waals surface area contributed by atoms with E-state index in [1.165, 1.54) is 13.2 Å². The maximum absolute atomic E-state index is 11.1. The molecule has 1 N–H and O–H groups in total. The zero-order chi connectivity index (χ0) is 13.1. The van der Waals surface area contributed by atoms with Crippen molar-refractivity contribution in [3.05, 3.63) is 12.2 Å². The molecule has 0 heterocycles. The van der Waals surface area contributed by atoms with Gasteiger partial charge in [0.05, 0.1) is 18.8 Å². The van der Waals surface area contributed by atoms with Gasteiger partial charge in [0.25, 0.3) is 0 Å². The van der Waals surface area contributed by atoms with E-state index >= 15 is 0 Å². The molecule has 0 fully saturated rings. The molecule has 0 rings (SSSR count). The van der Waals surface area contributed by atoms with Gasteiger partial charge >= 0.3 is 5.97 Å². The first-order valence-electron chi connectivity index (χ1n) is 5.73. The van der Waals surface area contributed by atoms with E-state index in [9.17, 15) is 9.90 Å². The van der Waals surface area contributed by atoms with Crippen molar-refractivity contribution in [2.75, 3.05) is 20.5 Å². The molecule has 0 aliphatic carbocycles. The topological polar surface area (TPSA) is 65.0 Å². The summed E-state index contributed by atoms with van der Waals surface area (Å²) in [5.74, 6) is -0.393. The summed E-state index contributed by atoms with van der Waals surface area (Å²) in [6, 6.07) is 0. The number of hydrogen-bond donors (Lipinski definition) is 1. The van der Waals surface area contributed by atoms with E-state index in [4.69, 9.17) is 14.2 Å². The fourth-order valence-electron chi connectivity index (χ4n) is 1.17. The summed E-state index contributed by atoms with van der Waals surface area (Å²) in [7, 11) is 1.53. The largest absolute Gasteiger partial charge is 0.463 e. The predicted octanol–water partition coefficient (Wildman–Crippen LogP) is 1.26. The summed E-state index contributed by atoms with van der Waals surface area (Å²) in [4.78, 5) is 11.1. The SMILES string of the molecule is CCOC(=O)/C=C/[C@@H](CC[C@@H](C)O)OCOC. The molecule has 0 saturated carbocycles. The second-order valence-electron chi connectivity index (χ2n) is 3.65. The number of rotatable bonds is 9. The summed E-state index contributed by atoms with van der Waals surface area (Å²) in [5, 5.41) is 9.19. The van der Waals surface area contributed by atoms with Crippen LogP contribution < -0.4 is 0 Å². The molecule has 0 aromatic carbocycles. The van der Waals surface area contributed by atoms with Crippen LogP contribution in [0.15, 0.2) is 12.2 Å². The number of methoxy groups -OCH3 is 1. The first-order valence-corrected chi connectivity index (χ1v) is 5.73. The molecule has 17 heavy (non-hydrogen) atoms. The summed E-state index contributed by atoms with van der Waals surface area (Å²) < 4.78 is 14.9. The van der Waals surface area contributed by atoms with Crippen LogP contribution in [0, 0.1) is 0 Å². The maximum atomic E-state index is 11.1. The molecule has 0 aromatic rings. The maximum Gasteiger partial charge on any atom is 0.330 e. The Morgan fingerprint density at radius 3 is 2.65 bits per heavy atom. The lowest BCUT2D eigenvalue weighted by atomic mass is 10.1. The lowest BCUT2D eigenvalue weighted by Crippen LogP contribution is -2.15. The first-order chi connectivity index (χ1) is 8.10. The smallest absolute Gasteiger partial charge is 0.330 e. The van der Waals surface area contributed by atoms with Gasteiger partial charge < -0.3 is 19.3 Å². The number of aliphatic hydroxyl groups excluding tert-OH is 1. The van der Waals surface area contributed by atoms with E-state index in [-0.39, 0.29) is 19.0 Å². The average Bonchev–Trinajstić information content (AvgIpc) is 2.28. The Morgan fingerprint density at radius 1 is 1.41 bits per heavy atom. The monoisotopic (exact) mass is 246 g/mol. The van der Waals surface area contributed by atoms with Crippen LogP contribution in [0.2, 0.25) is 0 Å². The molecule has 0 aliphatic rings. The predicted molar refractivity (Wildman–Crippen MR) is 63.4 cm³/mol. The van der Waals surface area contributed by atoms with E-state index in [0.717, 1.165) is 0 Å². The number of aliphatic hydroxyl groups is 1. The Kier molecular flexibility index (Phi) is 9.71. The van der Waals surface area contributed by atoms with E-state index in [0.29, 0.717) is 19.4 Å². The lowest BCUT2D eigenvalue weighted by molar-refractivity contribution is -0.137. The molecule has 0 amide bonds. The third-order valence-corrected chi connectivity index (χ3v) is 2.00. The second kappa shape index (κ2) is 10.3. The van der Waals surface area contributed by atoms with Crippen molar-refractivity contribution in [2.45, 2.75) is 38.9 Å². The van der Waals surface area contributed by atoms with Crippen LogP contribution >= 0.6 is 0 Å². The molecular weight excluding hydrogens is 224 g/mol. The Labute approximate surface area is 102 Å². The molecule has 100 valence electrons. The van der Waals surface area contributed by atoms with Crippen molar-refractivity contribution in [1.82, 2.24) is 0 Å². The number of esters is 1. The Balaban J connectivity index is 4.11. The van der Waals surface area contributed by atoms with Gasteiger partial charge in [-0.1, -0.05) is 0 Å². The highest BCUT2D eigenvalue weighted by atomic mass is 16.7. The Hall–Kier alpha value is -0.910. The van der Waals surface area contributed by atoms with Gasteiger partial charge in [-0.25, -0.2) is 4.79 Å². The molecule has 0 aliphatic heterocycles. The van der Waals surface area contributed by atoms with Crippen LogP contribution in [-0.2, 0) is 19.0 Å². The van der Waals surface area contributed by atoms with Crippen LogP contribution in [0.4, 0.5) is 0 Å². The van der Waals surface area contributed by atoms with E-state index in [1.807, 2.05) is 0 Å². The van der Waals surface area contributed by atoms with E-state index in [1.54, 1.807) is 19.9 Å². The van der Waals surface area contributed by atoms with Gasteiger partial charge in [-0.3, -0.25) is 0 Å². The summed E-state index contributed by atoms with van der Waals surface area (Å²) in [6.45, 7) is 3.96. The third-order valence-electron chi connectivity index (χ3n) is 2.00. The number of carbonyl (C=O) groups is 1. The average molecular weight is 246 g/mol. The normalized spacial score (nSPS) is 14.8. The zero-order valence-corrected chi connectivity index (χ0v) is 10.7. The molecule has 2 atom stereocenters. The summed E-state index contributed by atoms with van der Waals surface area (Å²) >= 11 is 0. The molecule has 0 saturated heterocycles. The van der Waals surface area contributed by atoms with Crippen molar-refractivity contribution in [2.24, 2.45) is 0 Å². The van der Waals surface area contributed by atoms with Crippen molar-refractivity contribution >= 4 is 5.97 Å². The zero-order valence-electron chi connectivity index (χ0n) is 10.7. The highest BCUT2D eigenvalue weighted by Crippen LogP contribution is 2.07. The Morgan fingerprint density at radius 2 is 2.12 bits per heavy atom. The molecule has 5 heteroatoms. The highest BCUT2D eigenvalue weighted by molar-refractivity contribution is 5.81. The van der Waals surface area contributed by atoms with Gasteiger partial charge in [-0.15, -0.1) is 0 Å². The molecular formula is C12H22O5. The standard InChI is InChI=1S/C12H22O5/c1-4-16-12(14)8-7-11(17-9-15-3)6-5-10(2)13/h7-8,10-11,13H,4-6,9H2,1-3H3/b8-7+/t10-,11-/m1/s1. The van der Waals surface area contributed by atoms with Gasteiger partial charge in [0, 0.05) is 13.2 Å². The number of hydrogen-bond acceptors (Lipinski definition) is 5. The van der Waals surface area contributed by atoms with Gasteiger partial charge in [-0.2, -0.15) is 0 Å². The Bertz CT molecular complexity index is 225. The molecule has 0 bridgehead atoms. The molecule has 0 spiro atoms. The number of carbonyl (C=O) groups excluding carboxylic acids is 1. The van der Waals surface area contributed by atoms with Crippen molar-refractivity contribution in [3.8, 4) is 0 Å². The summed E-state index contributed by atoms with van der Waals surface area (Å²) in [5.41, 5.74) is 0. The summed E-state index contributed by atoms with van der Waals surface area (Å²) in [6.07, 6.45) is 3.54.